The molecule has 132 valence electrons. The molecule has 0 aliphatic heterocycles. The van der Waals surface area contributed by atoms with Gasteiger partial charge in [0.15, 0.2) is 0 Å². The number of hydrogen-bond acceptors (Lipinski definition) is 4. The van der Waals surface area contributed by atoms with Crippen LogP contribution >= 0.6 is 22.7 Å². The van der Waals surface area contributed by atoms with E-state index in [0.29, 0.717) is 13.1 Å². The van der Waals surface area contributed by atoms with Crippen molar-refractivity contribution in [3.63, 3.8) is 0 Å². The molecule has 0 aliphatic carbocycles. The highest BCUT2D eigenvalue weighted by atomic mass is 32.1. The van der Waals surface area contributed by atoms with Gasteiger partial charge in [0.25, 0.3) is 0 Å². The van der Waals surface area contributed by atoms with Gasteiger partial charge in [0.2, 0.25) is 0 Å². The summed E-state index contributed by atoms with van der Waals surface area (Å²) >= 11 is 3.42. The van der Waals surface area contributed by atoms with Crippen molar-refractivity contribution in [2.75, 3.05) is 20.6 Å². The molecule has 4 nitrogen and oxygen atoms in total. The number of likely N-dealkylation sites (N-methyl/N-ethyl adjacent to an activating group) is 1. The molecule has 0 fully saturated rings. The molecule has 2 aromatic heterocycles. The number of carbonyl (C=O) groups excluding carboxylic acids is 1. The molecule has 0 aliphatic rings. The number of benzene rings is 1. The molecule has 25 heavy (non-hydrogen) atoms. The van der Waals surface area contributed by atoms with E-state index in [2.05, 4.69) is 59.3 Å². The normalized spacial score (nSPS) is 12.4. The van der Waals surface area contributed by atoms with E-state index in [1.807, 2.05) is 16.8 Å². The van der Waals surface area contributed by atoms with E-state index < -0.39 is 0 Å². The Labute approximate surface area is 156 Å². The van der Waals surface area contributed by atoms with Gasteiger partial charge < -0.3 is 15.5 Å². The van der Waals surface area contributed by atoms with Crippen LogP contribution in [-0.4, -0.2) is 37.6 Å². The summed E-state index contributed by atoms with van der Waals surface area (Å²) < 4.78 is 1.32. The number of thiophene rings is 2. The zero-order valence-corrected chi connectivity index (χ0v) is 16.1. The van der Waals surface area contributed by atoms with E-state index in [1.54, 1.807) is 22.7 Å². The average Bonchev–Trinajstić information content (AvgIpc) is 3.26. The fraction of sp³-hybridized carbons (Fsp3) is 0.316. The van der Waals surface area contributed by atoms with Crippen LogP contribution in [0.1, 0.15) is 11.1 Å². The van der Waals surface area contributed by atoms with Crippen LogP contribution in [0.4, 0.5) is 4.79 Å². The van der Waals surface area contributed by atoms with Crippen molar-refractivity contribution in [1.82, 2.24) is 15.5 Å². The van der Waals surface area contributed by atoms with Gasteiger partial charge in [0.05, 0.1) is 0 Å². The largest absolute Gasteiger partial charge is 0.337 e. The number of amides is 2. The van der Waals surface area contributed by atoms with Gasteiger partial charge in [-0.1, -0.05) is 18.2 Å². The molecule has 0 radical (unpaired) electrons. The van der Waals surface area contributed by atoms with Crippen LogP contribution in [0.2, 0.25) is 0 Å². The molecule has 2 heterocycles. The van der Waals surface area contributed by atoms with Gasteiger partial charge in [0, 0.05) is 23.8 Å². The summed E-state index contributed by atoms with van der Waals surface area (Å²) in [5.41, 5.74) is 2.48. The number of hydrogen-bond donors (Lipinski definition) is 2. The first-order valence-corrected chi connectivity index (χ1v) is 10.1. The Bertz CT molecular complexity index is 811. The van der Waals surface area contributed by atoms with Crippen LogP contribution in [0, 0.1) is 0 Å². The molecule has 6 heteroatoms. The van der Waals surface area contributed by atoms with Gasteiger partial charge >= 0.3 is 6.03 Å². The van der Waals surface area contributed by atoms with Crippen LogP contribution in [0.5, 0.6) is 0 Å². The lowest BCUT2D eigenvalue weighted by atomic mass is 10.0. The van der Waals surface area contributed by atoms with Gasteiger partial charge in [-0.2, -0.15) is 11.3 Å². The summed E-state index contributed by atoms with van der Waals surface area (Å²) in [6.07, 6.45) is 0.918. The third-order valence-corrected chi connectivity index (χ3v) is 6.02. The number of nitrogens with zero attached hydrogens (tertiary/aromatic N) is 1. The van der Waals surface area contributed by atoms with Gasteiger partial charge in [-0.25, -0.2) is 4.79 Å². The molecule has 1 aromatic carbocycles. The number of nitrogens with one attached hydrogen (secondary N) is 2. The third-order valence-electron chi connectivity index (χ3n) is 4.28. The van der Waals surface area contributed by atoms with E-state index in [4.69, 9.17) is 0 Å². The fourth-order valence-electron chi connectivity index (χ4n) is 2.73. The van der Waals surface area contributed by atoms with E-state index >= 15 is 0 Å². The smallest absolute Gasteiger partial charge is 0.315 e. The molecule has 0 saturated carbocycles. The Balaban J connectivity index is 1.55. The van der Waals surface area contributed by atoms with Crippen LogP contribution in [-0.2, 0) is 13.0 Å². The second-order valence-electron chi connectivity index (χ2n) is 6.27. The maximum atomic E-state index is 12.0. The maximum Gasteiger partial charge on any atom is 0.315 e. The van der Waals surface area contributed by atoms with Crippen LogP contribution in [0.25, 0.3) is 10.1 Å². The highest BCUT2D eigenvalue weighted by Gasteiger charge is 2.16. The van der Waals surface area contributed by atoms with Crippen molar-refractivity contribution in [3.8, 4) is 0 Å². The van der Waals surface area contributed by atoms with Gasteiger partial charge in [-0.05, 0) is 65.3 Å². The Morgan fingerprint density at radius 2 is 2.00 bits per heavy atom. The third kappa shape index (κ3) is 4.81. The van der Waals surface area contributed by atoms with Crippen LogP contribution in [0.3, 0.4) is 0 Å². The number of urea groups is 1. The van der Waals surface area contributed by atoms with E-state index in [1.165, 1.54) is 15.6 Å². The molecule has 0 spiro atoms. The monoisotopic (exact) mass is 373 g/mol. The van der Waals surface area contributed by atoms with Crippen LogP contribution in [0.15, 0.2) is 46.5 Å². The summed E-state index contributed by atoms with van der Waals surface area (Å²) in [5.74, 6) is 0. The molecular formula is C19H23N3OS2. The highest BCUT2D eigenvalue weighted by molar-refractivity contribution is 7.17. The molecular weight excluding hydrogens is 350 g/mol. The lowest BCUT2D eigenvalue weighted by Crippen LogP contribution is -2.44. The molecule has 2 N–H and O–H groups in total. The fourth-order valence-corrected chi connectivity index (χ4v) is 4.37. The summed E-state index contributed by atoms with van der Waals surface area (Å²) in [5, 5.41) is 13.5. The van der Waals surface area contributed by atoms with Crippen molar-refractivity contribution < 1.29 is 4.79 Å². The predicted molar refractivity (Wildman–Crippen MR) is 108 cm³/mol. The first-order valence-electron chi connectivity index (χ1n) is 8.28. The molecule has 0 unspecified atom stereocenters. The minimum atomic E-state index is -0.117. The van der Waals surface area contributed by atoms with Crippen molar-refractivity contribution >= 4 is 38.8 Å². The van der Waals surface area contributed by atoms with Crippen molar-refractivity contribution in [1.29, 1.82) is 0 Å². The Hall–Kier alpha value is -1.89. The first kappa shape index (κ1) is 17.9. The van der Waals surface area contributed by atoms with E-state index in [0.717, 1.165) is 12.0 Å². The van der Waals surface area contributed by atoms with Crippen LogP contribution < -0.4 is 10.6 Å². The minimum absolute atomic E-state index is 0.117. The second-order valence-corrected chi connectivity index (χ2v) is 7.97. The van der Waals surface area contributed by atoms with E-state index in [-0.39, 0.29) is 12.1 Å². The average molecular weight is 374 g/mol. The molecule has 1 atom stereocenters. The Kier molecular flexibility index (Phi) is 6.07. The second kappa shape index (κ2) is 8.47. The molecule has 0 saturated heterocycles. The summed E-state index contributed by atoms with van der Waals surface area (Å²) in [6.45, 7) is 1.18. The van der Waals surface area contributed by atoms with Crippen molar-refractivity contribution in [2.24, 2.45) is 0 Å². The number of rotatable bonds is 7. The molecule has 2 amide bonds. The molecule has 3 rings (SSSR count). The summed E-state index contributed by atoms with van der Waals surface area (Å²) in [4.78, 5) is 14.2. The molecule has 0 bridgehead atoms. The van der Waals surface area contributed by atoms with Crippen molar-refractivity contribution in [3.05, 3.63) is 57.6 Å². The standard InChI is InChI=1S/C19H23N3OS2/c1-22(2)16(9-15-13-25-18-6-4-3-5-17(15)18)11-21-19(23)20-10-14-7-8-24-12-14/h3-8,12-13,16H,9-11H2,1-2H3,(H2,20,21,23)/t16-/m0/s1. The summed E-state index contributed by atoms with van der Waals surface area (Å²) in [7, 11) is 4.12. The quantitative estimate of drug-likeness (QED) is 0.659. The number of carbonyl (C=O) groups is 1. The lowest BCUT2D eigenvalue weighted by molar-refractivity contribution is 0.231. The highest BCUT2D eigenvalue weighted by Crippen LogP contribution is 2.27. The maximum absolute atomic E-state index is 12.0. The van der Waals surface area contributed by atoms with Gasteiger partial charge in [0.1, 0.15) is 0 Å². The predicted octanol–water partition coefficient (Wildman–Crippen LogP) is 3.93. The van der Waals surface area contributed by atoms with Gasteiger partial charge in [-0.15, -0.1) is 11.3 Å². The first-order chi connectivity index (χ1) is 12.1. The topological polar surface area (TPSA) is 44.4 Å². The van der Waals surface area contributed by atoms with Gasteiger partial charge in [-0.3, -0.25) is 0 Å². The van der Waals surface area contributed by atoms with E-state index in [9.17, 15) is 4.79 Å². The lowest BCUT2D eigenvalue weighted by Gasteiger charge is -2.24. The summed E-state index contributed by atoms with van der Waals surface area (Å²) in [6, 6.07) is 10.7. The zero-order valence-electron chi connectivity index (χ0n) is 14.5. The number of fused-ring (bicyclic) bond motifs is 1. The Morgan fingerprint density at radius 1 is 1.16 bits per heavy atom. The minimum Gasteiger partial charge on any atom is -0.337 e. The zero-order chi connectivity index (χ0) is 17.6. The molecule has 3 aromatic rings. The SMILES string of the molecule is CN(C)[C@H](CNC(=O)NCc1ccsc1)Cc1csc2ccccc12. The Morgan fingerprint density at radius 3 is 2.76 bits per heavy atom. The van der Waals surface area contributed by atoms with Crippen molar-refractivity contribution in [2.45, 2.75) is 19.0 Å².